The second-order valence-electron chi connectivity index (χ2n) is 3.15. The number of carbonyl (C=O) groups excluding carboxylic acids is 1. The first-order valence-electron chi connectivity index (χ1n) is 4.58. The Hall–Kier alpha value is -1.11. The summed E-state index contributed by atoms with van der Waals surface area (Å²) in [5, 5.41) is -0.00638. The molecule has 1 rings (SSSR count). The molecule has 0 N–H and O–H groups in total. The molecule has 0 fully saturated rings. The molecule has 0 saturated carbocycles. The van der Waals surface area contributed by atoms with Gasteiger partial charge in [-0.3, -0.25) is 9.78 Å². The van der Waals surface area contributed by atoms with Gasteiger partial charge in [-0.15, -0.1) is 0 Å². The van der Waals surface area contributed by atoms with Crippen LogP contribution in [0.3, 0.4) is 0 Å². The molecule has 0 bridgehead atoms. The van der Waals surface area contributed by atoms with Crippen molar-refractivity contribution in [3.63, 3.8) is 0 Å². The first-order valence-corrected chi connectivity index (χ1v) is 5.70. The van der Waals surface area contributed by atoms with Crippen molar-refractivity contribution in [1.82, 2.24) is 4.98 Å². The number of pyridine rings is 1. The Morgan fingerprint density at radius 3 is 2.71 bits per heavy atom. The minimum Gasteiger partial charge on any atom is -0.469 e. The topological polar surface area (TPSA) is 39.2 Å². The minimum absolute atomic E-state index is 0.00638. The molecular formula is C10H9BrF3NO2. The average molecular weight is 312 g/mol. The van der Waals surface area contributed by atoms with Crippen molar-refractivity contribution >= 4 is 21.9 Å². The molecule has 0 aromatic carbocycles. The number of methoxy groups -OCH3 is 1. The lowest BCUT2D eigenvalue weighted by Gasteiger charge is -2.08. The maximum Gasteiger partial charge on any atom is 0.311 e. The Kier molecular flexibility index (Phi) is 4.92. The Morgan fingerprint density at radius 2 is 2.24 bits per heavy atom. The molecule has 7 heteroatoms. The third kappa shape index (κ3) is 3.42. The maximum atomic E-state index is 13.4. The van der Waals surface area contributed by atoms with Crippen molar-refractivity contribution in [3.8, 4) is 0 Å². The van der Waals surface area contributed by atoms with Gasteiger partial charge in [-0.2, -0.15) is 0 Å². The molecule has 0 atom stereocenters. The molecule has 0 radical (unpaired) electrons. The van der Waals surface area contributed by atoms with Gasteiger partial charge in [0.05, 0.1) is 30.5 Å². The van der Waals surface area contributed by atoms with Crippen molar-refractivity contribution in [1.29, 1.82) is 0 Å². The molecule has 0 spiro atoms. The van der Waals surface area contributed by atoms with Crippen LogP contribution in [-0.4, -0.2) is 18.1 Å². The van der Waals surface area contributed by atoms with Crippen LogP contribution in [0, 0.1) is 5.82 Å². The lowest BCUT2D eigenvalue weighted by atomic mass is 10.1. The molecule has 0 aliphatic heterocycles. The maximum absolute atomic E-state index is 13.4. The Bertz CT molecular complexity index is 426. The number of nitrogens with zero attached hydrogens (tertiary/aromatic N) is 1. The van der Waals surface area contributed by atoms with Gasteiger partial charge in [0.25, 0.3) is 6.43 Å². The zero-order chi connectivity index (χ0) is 13.0. The van der Waals surface area contributed by atoms with E-state index in [1.807, 2.05) is 0 Å². The highest BCUT2D eigenvalue weighted by molar-refractivity contribution is 9.08. The van der Waals surface area contributed by atoms with Gasteiger partial charge in [0, 0.05) is 5.33 Å². The molecule has 0 aliphatic carbocycles. The summed E-state index contributed by atoms with van der Waals surface area (Å²) in [5.41, 5.74) is -0.849. The van der Waals surface area contributed by atoms with E-state index in [1.165, 1.54) is 7.11 Å². The summed E-state index contributed by atoms with van der Waals surface area (Å²) in [6.45, 7) is 0. The number of halogens is 4. The molecule has 0 saturated heterocycles. The van der Waals surface area contributed by atoms with Crippen LogP contribution < -0.4 is 0 Å². The normalized spacial score (nSPS) is 10.7. The molecule has 17 heavy (non-hydrogen) atoms. The zero-order valence-corrected chi connectivity index (χ0v) is 10.4. The molecule has 1 heterocycles. The number of carbonyl (C=O) groups is 1. The van der Waals surface area contributed by atoms with E-state index in [-0.39, 0.29) is 23.1 Å². The Labute approximate surface area is 104 Å². The number of hydrogen-bond donors (Lipinski definition) is 0. The fraction of sp³-hybridized carbons (Fsp3) is 0.400. The summed E-state index contributed by atoms with van der Waals surface area (Å²) in [7, 11) is 1.17. The van der Waals surface area contributed by atoms with Crippen molar-refractivity contribution in [2.45, 2.75) is 18.2 Å². The first kappa shape index (κ1) is 14.0. The van der Waals surface area contributed by atoms with Crippen LogP contribution in [0.15, 0.2) is 6.07 Å². The number of ether oxygens (including phenoxy) is 1. The molecule has 0 amide bonds. The molecular weight excluding hydrogens is 303 g/mol. The summed E-state index contributed by atoms with van der Waals surface area (Å²) in [4.78, 5) is 14.8. The molecule has 94 valence electrons. The van der Waals surface area contributed by atoms with Gasteiger partial charge in [-0.25, -0.2) is 13.2 Å². The van der Waals surface area contributed by atoms with Gasteiger partial charge < -0.3 is 4.74 Å². The van der Waals surface area contributed by atoms with Crippen molar-refractivity contribution in [2.75, 3.05) is 7.11 Å². The van der Waals surface area contributed by atoms with Crippen LogP contribution in [0.4, 0.5) is 13.2 Å². The standard InChI is InChI=1S/C10H9BrF3NO2/c1-17-8(16)3-5-2-6(10(13)14)9(12)7(4-11)15-5/h2,10H,3-4H2,1H3. The van der Waals surface area contributed by atoms with E-state index in [2.05, 4.69) is 25.7 Å². The predicted molar refractivity (Wildman–Crippen MR) is 57.5 cm³/mol. The number of rotatable bonds is 4. The lowest BCUT2D eigenvalue weighted by molar-refractivity contribution is -0.139. The zero-order valence-electron chi connectivity index (χ0n) is 8.84. The largest absolute Gasteiger partial charge is 0.469 e. The van der Waals surface area contributed by atoms with Gasteiger partial charge >= 0.3 is 5.97 Å². The summed E-state index contributed by atoms with van der Waals surface area (Å²) < 4.78 is 42.9. The van der Waals surface area contributed by atoms with E-state index in [9.17, 15) is 18.0 Å². The van der Waals surface area contributed by atoms with E-state index in [1.54, 1.807) is 0 Å². The second kappa shape index (κ2) is 6.00. The van der Waals surface area contributed by atoms with E-state index in [0.717, 1.165) is 6.07 Å². The fourth-order valence-corrected chi connectivity index (χ4v) is 1.59. The van der Waals surface area contributed by atoms with Crippen molar-refractivity contribution < 1.29 is 22.7 Å². The molecule has 1 aromatic rings. The number of hydrogen-bond acceptors (Lipinski definition) is 3. The predicted octanol–water partition coefficient (Wildman–Crippen LogP) is 2.77. The lowest BCUT2D eigenvalue weighted by Crippen LogP contribution is -2.10. The first-order chi connectivity index (χ1) is 7.99. The van der Waals surface area contributed by atoms with Crippen molar-refractivity contribution in [2.24, 2.45) is 0 Å². The van der Waals surface area contributed by atoms with Crippen LogP contribution in [0.2, 0.25) is 0 Å². The molecule has 1 aromatic heterocycles. The highest BCUT2D eigenvalue weighted by Crippen LogP contribution is 2.25. The summed E-state index contributed by atoms with van der Waals surface area (Å²) in [6, 6.07) is 0.878. The third-order valence-electron chi connectivity index (χ3n) is 2.02. The van der Waals surface area contributed by atoms with Gasteiger partial charge in [0.2, 0.25) is 0 Å². The smallest absolute Gasteiger partial charge is 0.311 e. The average Bonchev–Trinajstić information content (AvgIpc) is 2.30. The fourth-order valence-electron chi connectivity index (χ4n) is 1.22. The Morgan fingerprint density at radius 1 is 1.59 bits per heavy atom. The SMILES string of the molecule is COC(=O)Cc1cc(C(F)F)c(F)c(CBr)n1. The van der Waals surface area contributed by atoms with Gasteiger partial charge in [-0.05, 0) is 6.07 Å². The summed E-state index contributed by atoms with van der Waals surface area (Å²) >= 11 is 2.95. The third-order valence-corrected chi connectivity index (χ3v) is 2.55. The highest BCUT2D eigenvalue weighted by atomic mass is 79.9. The quantitative estimate of drug-likeness (QED) is 0.634. The van der Waals surface area contributed by atoms with E-state index in [0.29, 0.717) is 0 Å². The van der Waals surface area contributed by atoms with E-state index < -0.39 is 23.8 Å². The van der Waals surface area contributed by atoms with Crippen LogP contribution in [-0.2, 0) is 21.3 Å². The van der Waals surface area contributed by atoms with Crippen LogP contribution in [0.1, 0.15) is 23.4 Å². The number of alkyl halides is 3. The van der Waals surface area contributed by atoms with Gasteiger partial charge in [-0.1, -0.05) is 15.9 Å². The number of aromatic nitrogens is 1. The van der Waals surface area contributed by atoms with E-state index >= 15 is 0 Å². The van der Waals surface area contributed by atoms with Crippen molar-refractivity contribution in [3.05, 3.63) is 28.8 Å². The van der Waals surface area contributed by atoms with E-state index in [4.69, 9.17) is 0 Å². The molecule has 0 unspecified atom stereocenters. The molecule has 0 aliphatic rings. The van der Waals surface area contributed by atoms with Crippen LogP contribution in [0.25, 0.3) is 0 Å². The molecule has 3 nitrogen and oxygen atoms in total. The second-order valence-corrected chi connectivity index (χ2v) is 3.71. The Balaban J connectivity index is 3.15. The summed E-state index contributed by atoms with van der Waals surface area (Å²) in [6.07, 6.45) is -3.22. The van der Waals surface area contributed by atoms with Crippen LogP contribution >= 0.6 is 15.9 Å². The van der Waals surface area contributed by atoms with Crippen LogP contribution in [0.5, 0.6) is 0 Å². The highest BCUT2D eigenvalue weighted by Gasteiger charge is 2.20. The van der Waals surface area contributed by atoms with Gasteiger partial charge in [0.1, 0.15) is 0 Å². The minimum atomic E-state index is -2.95. The number of esters is 1. The summed E-state index contributed by atoms with van der Waals surface area (Å²) in [5.74, 6) is -1.67. The monoisotopic (exact) mass is 311 g/mol. The van der Waals surface area contributed by atoms with Gasteiger partial charge in [0.15, 0.2) is 5.82 Å².